The van der Waals surface area contributed by atoms with Crippen LogP contribution in [0.3, 0.4) is 0 Å². The molecular weight excluding hydrogens is 444 g/mol. The summed E-state index contributed by atoms with van der Waals surface area (Å²) < 4.78 is 5.60. The number of amides is 2. The van der Waals surface area contributed by atoms with E-state index in [2.05, 4.69) is 22.8 Å². The summed E-state index contributed by atoms with van der Waals surface area (Å²) in [6.07, 6.45) is 0.540. The monoisotopic (exact) mass is 480 g/mol. The van der Waals surface area contributed by atoms with Crippen molar-refractivity contribution in [2.75, 3.05) is 13.2 Å². The number of aliphatic carboxylic acids is 1. The zero-order chi connectivity index (χ0) is 25.6. The lowest BCUT2D eigenvalue weighted by atomic mass is 9.82. The van der Waals surface area contributed by atoms with Crippen molar-refractivity contribution in [2.45, 2.75) is 58.9 Å². The van der Waals surface area contributed by atoms with E-state index < -0.39 is 29.4 Å². The molecule has 2 amide bonds. The van der Waals surface area contributed by atoms with E-state index in [0.717, 1.165) is 22.3 Å². The highest BCUT2D eigenvalue weighted by Gasteiger charge is 2.36. The molecule has 0 radical (unpaired) electrons. The van der Waals surface area contributed by atoms with Gasteiger partial charge >= 0.3 is 12.1 Å². The first kappa shape index (κ1) is 26.3. The summed E-state index contributed by atoms with van der Waals surface area (Å²) in [5.41, 5.74) is 3.48. The van der Waals surface area contributed by atoms with Gasteiger partial charge < -0.3 is 20.5 Å². The van der Waals surface area contributed by atoms with Crippen molar-refractivity contribution in [1.82, 2.24) is 10.6 Å². The maximum absolute atomic E-state index is 12.9. The van der Waals surface area contributed by atoms with Crippen molar-refractivity contribution in [3.05, 3.63) is 59.7 Å². The van der Waals surface area contributed by atoms with Gasteiger partial charge in [-0.05, 0) is 47.4 Å². The van der Waals surface area contributed by atoms with Gasteiger partial charge in [0.2, 0.25) is 5.91 Å². The Morgan fingerprint density at radius 2 is 1.51 bits per heavy atom. The molecule has 188 valence electrons. The highest BCUT2D eigenvalue weighted by molar-refractivity contribution is 5.86. The van der Waals surface area contributed by atoms with E-state index in [-0.39, 0.29) is 25.0 Å². The van der Waals surface area contributed by atoms with Crippen LogP contribution >= 0.6 is 0 Å². The molecule has 0 unspecified atom stereocenters. The average Bonchev–Trinajstić information content (AvgIpc) is 3.16. The van der Waals surface area contributed by atoms with Gasteiger partial charge in [0.1, 0.15) is 12.6 Å². The van der Waals surface area contributed by atoms with Crippen molar-refractivity contribution in [2.24, 2.45) is 11.3 Å². The average molecular weight is 481 g/mol. The fourth-order valence-electron chi connectivity index (χ4n) is 4.74. The molecule has 7 heteroatoms. The molecule has 7 nitrogen and oxygen atoms in total. The SMILES string of the molecule is CCC(CC)(CNC(=O)[C@H](CC(C)C)NC(=O)OCC1c2ccccc2-c2ccccc21)C(=O)O. The Morgan fingerprint density at radius 3 is 2.00 bits per heavy atom. The fraction of sp³-hybridized carbons (Fsp3) is 0.464. The Kier molecular flexibility index (Phi) is 8.54. The highest BCUT2D eigenvalue weighted by Crippen LogP contribution is 2.44. The Balaban J connectivity index is 1.65. The predicted molar refractivity (Wildman–Crippen MR) is 135 cm³/mol. The van der Waals surface area contributed by atoms with Crippen molar-refractivity contribution in [3.63, 3.8) is 0 Å². The number of carboxylic acids is 1. The number of fused-ring (bicyclic) bond motifs is 3. The molecule has 1 aliphatic rings. The second-order valence-corrected chi connectivity index (χ2v) is 9.66. The van der Waals surface area contributed by atoms with E-state index in [1.54, 1.807) is 13.8 Å². The maximum Gasteiger partial charge on any atom is 0.407 e. The quantitative estimate of drug-likeness (QED) is 0.422. The van der Waals surface area contributed by atoms with E-state index in [1.807, 2.05) is 50.2 Å². The van der Waals surface area contributed by atoms with Crippen LogP contribution in [0.25, 0.3) is 11.1 Å². The lowest BCUT2D eigenvalue weighted by molar-refractivity contribution is -0.149. The third-order valence-electron chi connectivity index (χ3n) is 7.07. The molecule has 0 fully saturated rings. The largest absolute Gasteiger partial charge is 0.481 e. The minimum Gasteiger partial charge on any atom is -0.481 e. The molecule has 0 spiro atoms. The highest BCUT2D eigenvalue weighted by atomic mass is 16.5. The molecule has 0 heterocycles. The number of carboxylic acid groups (broad SMARTS) is 1. The number of benzene rings is 2. The molecule has 0 aliphatic heterocycles. The number of rotatable bonds is 11. The minimum absolute atomic E-state index is 0.00906. The minimum atomic E-state index is -1.03. The van der Waals surface area contributed by atoms with Gasteiger partial charge in [0.05, 0.1) is 5.41 Å². The molecule has 0 aromatic heterocycles. The molecule has 2 aromatic carbocycles. The van der Waals surface area contributed by atoms with E-state index in [9.17, 15) is 19.5 Å². The molecule has 0 saturated heterocycles. The normalized spacial score (nSPS) is 13.6. The topological polar surface area (TPSA) is 105 Å². The number of ether oxygens (including phenoxy) is 1. The standard InChI is InChI=1S/C28H36N2O5/c1-5-28(6-2,26(32)33)17-29-25(31)24(15-18(3)4)30-27(34)35-16-23-21-13-9-7-11-19(21)20-12-8-10-14-22(20)23/h7-14,18,23-24H,5-6,15-17H2,1-4H3,(H,29,31)(H,30,34)(H,32,33)/t24-/m0/s1. The fourth-order valence-corrected chi connectivity index (χ4v) is 4.74. The van der Waals surface area contributed by atoms with Crippen LogP contribution in [0.4, 0.5) is 4.79 Å². The summed E-state index contributed by atoms with van der Waals surface area (Å²) in [7, 11) is 0. The first-order chi connectivity index (χ1) is 16.7. The Hall–Kier alpha value is -3.35. The molecule has 0 saturated carbocycles. The van der Waals surface area contributed by atoms with Crippen LogP contribution in [0.2, 0.25) is 0 Å². The summed E-state index contributed by atoms with van der Waals surface area (Å²) in [5.74, 6) is -1.27. The third kappa shape index (κ3) is 5.84. The number of hydrogen-bond donors (Lipinski definition) is 3. The van der Waals surface area contributed by atoms with Gasteiger partial charge in [0.15, 0.2) is 0 Å². The van der Waals surface area contributed by atoms with Crippen molar-refractivity contribution < 1.29 is 24.2 Å². The molecule has 3 N–H and O–H groups in total. The van der Waals surface area contributed by atoms with E-state index in [0.29, 0.717) is 19.3 Å². The molecule has 2 aromatic rings. The van der Waals surface area contributed by atoms with Crippen LogP contribution in [0, 0.1) is 11.3 Å². The molecule has 3 rings (SSSR count). The van der Waals surface area contributed by atoms with E-state index in [4.69, 9.17) is 4.74 Å². The first-order valence-electron chi connectivity index (χ1n) is 12.3. The summed E-state index contributed by atoms with van der Waals surface area (Å²) in [4.78, 5) is 37.4. The number of carbonyl (C=O) groups excluding carboxylic acids is 2. The second kappa shape index (κ2) is 11.4. The van der Waals surface area contributed by atoms with Gasteiger partial charge in [0.25, 0.3) is 0 Å². The summed E-state index contributed by atoms with van der Waals surface area (Å²) in [5, 5.41) is 15.1. The third-order valence-corrected chi connectivity index (χ3v) is 7.07. The van der Waals surface area contributed by atoms with Crippen LogP contribution in [0.5, 0.6) is 0 Å². The number of nitrogens with one attached hydrogen (secondary N) is 2. The lowest BCUT2D eigenvalue weighted by Crippen LogP contribution is -2.51. The molecule has 1 aliphatic carbocycles. The summed E-state index contributed by atoms with van der Waals surface area (Å²) >= 11 is 0. The molecule has 35 heavy (non-hydrogen) atoms. The van der Waals surface area contributed by atoms with Crippen molar-refractivity contribution in [3.8, 4) is 11.1 Å². The molecule has 0 bridgehead atoms. The Morgan fingerprint density at radius 1 is 0.971 bits per heavy atom. The Labute approximate surface area is 207 Å². The van der Waals surface area contributed by atoms with Gasteiger partial charge in [0, 0.05) is 12.5 Å². The maximum atomic E-state index is 12.9. The summed E-state index contributed by atoms with van der Waals surface area (Å²) in [6, 6.07) is 15.4. The van der Waals surface area contributed by atoms with E-state index >= 15 is 0 Å². The number of hydrogen-bond acceptors (Lipinski definition) is 4. The number of alkyl carbamates (subject to hydrolysis) is 1. The smallest absolute Gasteiger partial charge is 0.407 e. The van der Waals surface area contributed by atoms with Crippen LogP contribution in [-0.2, 0) is 14.3 Å². The Bertz CT molecular complexity index is 1020. The van der Waals surface area contributed by atoms with Gasteiger partial charge in [-0.1, -0.05) is 76.2 Å². The molecular formula is C28H36N2O5. The first-order valence-corrected chi connectivity index (χ1v) is 12.3. The zero-order valence-electron chi connectivity index (χ0n) is 21.0. The van der Waals surface area contributed by atoms with Gasteiger partial charge in [-0.15, -0.1) is 0 Å². The van der Waals surface area contributed by atoms with Crippen molar-refractivity contribution in [1.29, 1.82) is 0 Å². The van der Waals surface area contributed by atoms with Crippen molar-refractivity contribution >= 4 is 18.0 Å². The van der Waals surface area contributed by atoms with Crippen LogP contribution in [0.15, 0.2) is 48.5 Å². The van der Waals surface area contributed by atoms with Crippen LogP contribution in [-0.4, -0.2) is 42.3 Å². The van der Waals surface area contributed by atoms with Crippen LogP contribution < -0.4 is 10.6 Å². The van der Waals surface area contributed by atoms with Gasteiger partial charge in [-0.3, -0.25) is 9.59 Å². The van der Waals surface area contributed by atoms with E-state index in [1.165, 1.54) is 0 Å². The second-order valence-electron chi connectivity index (χ2n) is 9.66. The zero-order valence-corrected chi connectivity index (χ0v) is 21.0. The van der Waals surface area contributed by atoms with Gasteiger partial charge in [-0.25, -0.2) is 4.79 Å². The predicted octanol–water partition coefficient (Wildman–Crippen LogP) is 4.95. The summed E-state index contributed by atoms with van der Waals surface area (Å²) in [6.45, 7) is 7.67. The lowest BCUT2D eigenvalue weighted by Gasteiger charge is -2.28. The number of carbonyl (C=O) groups is 3. The van der Waals surface area contributed by atoms with Crippen LogP contribution in [0.1, 0.15) is 64.0 Å². The molecule has 1 atom stereocenters. The van der Waals surface area contributed by atoms with Gasteiger partial charge in [-0.2, -0.15) is 0 Å².